The number of rotatable bonds is 4. The van der Waals surface area contributed by atoms with Crippen LogP contribution in [0.2, 0.25) is 0 Å². The van der Waals surface area contributed by atoms with Crippen molar-refractivity contribution in [3.63, 3.8) is 0 Å². The monoisotopic (exact) mass is 520 g/mol. The Bertz CT molecular complexity index is 848. The van der Waals surface area contributed by atoms with E-state index in [9.17, 15) is 5.11 Å². The Kier molecular flexibility index (Phi) is 8.24. The number of guanidine groups is 1. The molecule has 4 rings (SSSR count). The summed E-state index contributed by atoms with van der Waals surface area (Å²) in [5, 5.41) is 17.4. The van der Waals surface area contributed by atoms with Gasteiger partial charge in [-0.25, -0.2) is 0 Å². The first kappa shape index (κ1) is 22.7. The lowest BCUT2D eigenvalue weighted by atomic mass is 9.88. The molecule has 1 aliphatic carbocycles. The van der Waals surface area contributed by atoms with Crippen LogP contribution in [0.3, 0.4) is 0 Å². The van der Waals surface area contributed by atoms with E-state index in [1.165, 1.54) is 29.7 Å². The zero-order valence-electron chi connectivity index (χ0n) is 17.7. The molecule has 162 valence electrons. The van der Waals surface area contributed by atoms with E-state index in [2.05, 4.69) is 56.9 Å². The van der Waals surface area contributed by atoms with E-state index in [-0.39, 0.29) is 24.0 Å². The molecule has 2 aliphatic rings. The highest BCUT2D eigenvalue weighted by Gasteiger charge is 2.21. The minimum atomic E-state index is 0. The molecule has 0 atom stereocenters. The first-order chi connectivity index (χ1) is 14.2. The SMILES string of the molecule is CN=C(NCc1c(O)ccc2c1CCCC2)NC1CCN(c2ccccc2)CC1.I. The van der Waals surface area contributed by atoms with E-state index in [1.54, 1.807) is 0 Å². The summed E-state index contributed by atoms with van der Waals surface area (Å²) in [6.07, 6.45) is 6.80. The molecular formula is C24H33IN4O. The molecule has 0 saturated carbocycles. The number of phenolic OH excluding ortho intramolecular Hbond substituents is 1. The maximum atomic E-state index is 10.4. The zero-order valence-corrected chi connectivity index (χ0v) is 20.1. The van der Waals surface area contributed by atoms with Gasteiger partial charge in [-0.2, -0.15) is 0 Å². The van der Waals surface area contributed by atoms with Crippen LogP contribution in [0, 0.1) is 0 Å². The van der Waals surface area contributed by atoms with Gasteiger partial charge in [0.05, 0.1) is 0 Å². The van der Waals surface area contributed by atoms with E-state index in [1.807, 2.05) is 13.1 Å². The topological polar surface area (TPSA) is 59.9 Å². The fourth-order valence-corrected chi connectivity index (χ4v) is 4.57. The molecule has 0 radical (unpaired) electrons. The molecule has 1 saturated heterocycles. The van der Waals surface area contributed by atoms with Crippen LogP contribution in [-0.2, 0) is 19.4 Å². The lowest BCUT2D eigenvalue weighted by Crippen LogP contribution is -2.48. The largest absolute Gasteiger partial charge is 0.508 e. The smallest absolute Gasteiger partial charge is 0.191 e. The van der Waals surface area contributed by atoms with Crippen molar-refractivity contribution in [3.8, 4) is 5.75 Å². The van der Waals surface area contributed by atoms with Crippen LogP contribution in [0.5, 0.6) is 5.75 Å². The molecule has 0 bridgehead atoms. The Hall–Kier alpha value is -1.96. The number of para-hydroxylation sites is 1. The van der Waals surface area contributed by atoms with Crippen LogP contribution in [0.4, 0.5) is 5.69 Å². The summed E-state index contributed by atoms with van der Waals surface area (Å²) >= 11 is 0. The van der Waals surface area contributed by atoms with Crippen molar-refractivity contribution in [2.45, 2.75) is 51.1 Å². The van der Waals surface area contributed by atoms with Gasteiger partial charge >= 0.3 is 0 Å². The lowest BCUT2D eigenvalue weighted by molar-refractivity contribution is 0.457. The van der Waals surface area contributed by atoms with Crippen LogP contribution >= 0.6 is 24.0 Å². The number of nitrogens with one attached hydrogen (secondary N) is 2. The van der Waals surface area contributed by atoms with Gasteiger partial charge in [-0.3, -0.25) is 4.99 Å². The summed E-state index contributed by atoms with van der Waals surface area (Å²) in [4.78, 5) is 6.86. The molecule has 0 spiro atoms. The Balaban J connectivity index is 0.00000256. The number of anilines is 1. The third kappa shape index (κ3) is 5.39. The van der Waals surface area contributed by atoms with Gasteiger partial charge < -0.3 is 20.6 Å². The highest BCUT2D eigenvalue weighted by atomic mass is 127. The Morgan fingerprint density at radius 1 is 1.07 bits per heavy atom. The van der Waals surface area contributed by atoms with Crippen molar-refractivity contribution < 1.29 is 5.11 Å². The molecule has 1 aliphatic heterocycles. The average molecular weight is 520 g/mol. The quantitative estimate of drug-likeness (QED) is 0.321. The van der Waals surface area contributed by atoms with E-state index in [0.717, 1.165) is 50.3 Å². The third-order valence-electron chi connectivity index (χ3n) is 6.24. The second kappa shape index (κ2) is 10.9. The summed E-state index contributed by atoms with van der Waals surface area (Å²) in [6.45, 7) is 2.70. The van der Waals surface area contributed by atoms with Crippen molar-refractivity contribution >= 4 is 35.6 Å². The minimum Gasteiger partial charge on any atom is -0.508 e. The zero-order chi connectivity index (χ0) is 20.1. The number of aromatic hydroxyl groups is 1. The molecule has 0 amide bonds. The summed E-state index contributed by atoms with van der Waals surface area (Å²) in [7, 11) is 1.81. The third-order valence-corrected chi connectivity index (χ3v) is 6.24. The molecule has 2 aromatic carbocycles. The normalized spacial score (nSPS) is 17.1. The number of phenols is 1. The number of halogens is 1. The predicted molar refractivity (Wildman–Crippen MR) is 135 cm³/mol. The highest BCUT2D eigenvalue weighted by Crippen LogP contribution is 2.30. The number of piperidine rings is 1. The first-order valence-electron chi connectivity index (χ1n) is 10.8. The molecule has 0 unspecified atom stereocenters. The van der Waals surface area contributed by atoms with E-state index in [4.69, 9.17) is 0 Å². The molecule has 3 N–H and O–H groups in total. The van der Waals surface area contributed by atoms with E-state index in [0.29, 0.717) is 18.3 Å². The number of nitrogens with zero attached hydrogens (tertiary/aromatic N) is 2. The number of benzene rings is 2. The standard InChI is InChI=1S/C24H32N4O.HI/c1-25-24(26-17-22-21-10-6-5-7-18(21)11-12-23(22)29)27-19-13-15-28(16-14-19)20-8-3-2-4-9-20;/h2-4,8-9,11-12,19,29H,5-7,10,13-17H2,1H3,(H2,25,26,27);1H. The second-order valence-corrected chi connectivity index (χ2v) is 8.08. The summed E-state index contributed by atoms with van der Waals surface area (Å²) in [5.74, 6) is 1.21. The lowest BCUT2D eigenvalue weighted by Gasteiger charge is -2.34. The Morgan fingerprint density at radius 2 is 1.80 bits per heavy atom. The molecule has 30 heavy (non-hydrogen) atoms. The maximum Gasteiger partial charge on any atom is 0.191 e. The fraction of sp³-hybridized carbons (Fsp3) is 0.458. The highest BCUT2D eigenvalue weighted by molar-refractivity contribution is 14.0. The average Bonchev–Trinajstić information content (AvgIpc) is 2.78. The number of aliphatic imine (C=N–C) groups is 1. The van der Waals surface area contributed by atoms with Crippen molar-refractivity contribution in [3.05, 3.63) is 59.2 Å². The van der Waals surface area contributed by atoms with Gasteiger partial charge in [-0.1, -0.05) is 24.3 Å². The van der Waals surface area contributed by atoms with Crippen molar-refractivity contribution in [2.75, 3.05) is 25.0 Å². The summed E-state index contributed by atoms with van der Waals surface area (Å²) in [6, 6.07) is 15.0. The van der Waals surface area contributed by atoms with Crippen LogP contribution in [0.25, 0.3) is 0 Å². The molecule has 2 aromatic rings. The van der Waals surface area contributed by atoms with Gasteiger partial charge in [-0.05, 0) is 67.9 Å². The van der Waals surface area contributed by atoms with Crippen molar-refractivity contribution in [1.82, 2.24) is 10.6 Å². The number of hydrogen-bond acceptors (Lipinski definition) is 3. The Labute approximate surface area is 197 Å². The van der Waals surface area contributed by atoms with Crippen LogP contribution in [-0.4, -0.2) is 37.2 Å². The molecule has 0 aromatic heterocycles. The molecule has 6 heteroatoms. The van der Waals surface area contributed by atoms with Crippen molar-refractivity contribution in [2.24, 2.45) is 4.99 Å². The first-order valence-corrected chi connectivity index (χ1v) is 10.8. The van der Waals surface area contributed by atoms with Gasteiger partial charge in [0.1, 0.15) is 5.75 Å². The predicted octanol–water partition coefficient (Wildman–Crippen LogP) is 4.22. The fourth-order valence-electron chi connectivity index (χ4n) is 4.57. The van der Waals surface area contributed by atoms with Crippen LogP contribution in [0.1, 0.15) is 42.4 Å². The molecular weight excluding hydrogens is 487 g/mol. The van der Waals surface area contributed by atoms with Gasteiger partial charge in [0.15, 0.2) is 5.96 Å². The molecule has 5 nitrogen and oxygen atoms in total. The number of hydrogen-bond donors (Lipinski definition) is 3. The maximum absolute atomic E-state index is 10.4. The summed E-state index contributed by atoms with van der Waals surface area (Å²) in [5.41, 5.74) is 5.05. The van der Waals surface area contributed by atoms with Gasteiger partial charge in [-0.15, -0.1) is 24.0 Å². The van der Waals surface area contributed by atoms with Crippen LogP contribution < -0.4 is 15.5 Å². The second-order valence-electron chi connectivity index (χ2n) is 8.08. The summed E-state index contributed by atoms with van der Waals surface area (Å²) < 4.78 is 0. The van der Waals surface area contributed by atoms with Gasteiger partial charge in [0, 0.05) is 44.0 Å². The Morgan fingerprint density at radius 3 is 2.53 bits per heavy atom. The van der Waals surface area contributed by atoms with E-state index >= 15 is 0 Å². The number of aryl methyl sites for hydroxylation is 1. The van der Waals surface area contributed by atoms with Crippen LogP contribution in [0.15, 0.2) is 47.5 Å². The minimum absolute atomic E-state index is 0. The van der Waals surface area contributed by atoms with Crippen molar-refractivity contribution in [1.29, 1.82) is 0 Å². The van der Waals surface area contributed by atoms with E-state index < -0.39 is 0 Å². The molecule has 1 heterocycles. The van der Waals surface area contributed by atoms with Gasteiger partial charge in [0.25, 0.3) is 0 Å². The molecule has 1 fully saturated rings. The van der Waals surface area contributed by atoms with Gasteiger partial charge in [0.2, 0.25) is 0 Å². The number of fused-ring (bicyclic) bond motifs is 1.